The second-order valence-corrected chi connectivity index (χ2v) is 8.89. The average molecular weight is 393 g/mol. The Kier molecular flexibility index (Phi) is 8.41. The lowest BCUT2D eigenvalue weighted by atomic mass is 9.81. The summed E-state index contributed by atoms with van der Waals surface area (Å²) in [5, 5.41) is 0. The Labute approximate surface area is 177 Å². The summed E-state index contributed by atoms with van der Waals surface area (Å²) in [7, 11) is 0. The third-order valence-electron chi connectivity index (χ3n) is 6.97. The van der Waals surface area contributed by atoms with Crippen molar-refractivity contribution < 1.29 is 9.53 Å². The molecule has 0 aliphatic heterocycles. The van der Waals surface area contributed by atoms with Gasteiger partial charge in [-0.25, -0.2) is 0 Å². The van der Waals surface area contributed by atoms with E-state index in [1.165, 1.54) is 38.5 Å². The van der Waals surface area contributed by atoms with Crippen molar-refractivity contribution in [3.05, 3.63) is 42.0 Å². The Hall–Kier alpha value is -2.01. The Bertz CT molecular complexity index is 718. The van der Waals surface area contributed by atoms with Crippen molar-refractivity contribution in [1.82, 2.24) is 0 Å². The van der Waals surface area contributed by atoms with Gasteiger partial charge >= 0.3 is 5.97 Å². The van der Waals surface area contributed by atoms with Gasteiger partial charge in [-0.05, 0) is 99.5 Å². The van der Waals surface area contributed by atoms with E-state index in [1.807, 2.05) is 30.3 Å². The predicted octanol–water partition coefficient (Wildman–Crippen LogP) is 6.93. The Morgan fingerprint density at radius 2 is 1.52 bits per heavy atom. The molecular weight excluding hydrogens is 356 g/mol. The van der Waals surface area contributed by atoms with Gasteiger partial charge in [0, 0.05) is 5.56 Å². The molecule has 2 aliphatic rings. The number of benzene rings is 1. The molecule has 0 unspecified atom stereocenters. The summed E-state index contributed by atoms with van der Waals surface area (Å²) < 4.78 is 5.60. The van der Waals surface area contributed by atoms with Crippen LogP contribution in [-0.4, -0.2) is 5.97 Å². The smallest absolute Gasteiger partial charge is 0.314 e. The van der Waals surface area contributed by atoms with Gasteiger partial charge in [-0.3, -0.25) is 4.79 Å². The first-order valence-corrected chi connectivity index (χ1v) is 11.7. The maximum absolute atomic E-state index is 12.4. The first-order chi connectivity index (χ1) is 14.2. The highest BCUT2D eigenvalue weighted by Crippen LogP contribution is 2.32. The normalized spacial score (nSPS) is 27.2. The van der Waals surface area contributed by atoms with Crippen LogP contribution in [0.2, 0.25) is 0 Å². The second-order valence-electron chi connectivity index (χ2n) is 8.89. The standard InChI is InChI=1S/C27H36O2/c1-3-21-9-11-23(12-10-21)7-5-6-8-24-15-19-26(20-16-24)29-27(28)25-17-13-22(4-2)14-18-25/h5,7,15-16,19-23,25H,3-4,9-14,17-18H2,1-2H3. The molecule has 2 aliphatic carbocycles. The average Bonchev–Trinajstić information content (AvgIpc) is 2.78. The summed E-state index contributed by atoms with van der Waals surface area (Å²) in [5.74, 6) is 9.38. The van der Waals surface area contributed by atoms with Crippen molar-refractivity contribution in [2.75, 3.05) is 0 Å². The molecule has 0 saturated heterocycles. The molecule has 0 bridgehead atoms. The molecule has 0 heterocycles. The van der Waals surface area contributed by atoms with E-state index in [-0.39, 0.29) is 11.9 Å². The highest BCUT2D eigenvalue weighted by molar-refractivity contribution is 5.75. The molecule has 3 rings (SSSR count). The fraction of sp³-hybridized carbons (Fsp3) is 0.593. The quantitative estimate of drug-likeness (QED) is 0.308. The fourth-order valence-corrected chi connectivity index (χ4v) is 4.71. The van der Waals surface area contributed by atoms with Crippen LogP contribution in [0.3, 0.4) is 0 Å². The maximum atomic E-state index is 12.4. The van der Waals surface area contributed by atoms with Crippen LogP contribution >= 0.6 is 0 Å². The van der Waals surface area contributed by atoms with Crippen LogP contribution in [0.25, 0.3) is 0 Å². The molecule has 156 valence electrons. The number of allylic oxidation sites excluding steroid dienone is 2. The van der Waals surface area contributed by atoms with E-state index in [0.29, 0.717) is 11.7 Å². The highest BCUT2D eigenvalue weighted by atomic mass is 16.5. The number of carbonyl (C=O) groups excluding carboxylic acids is 1. The summed E-state index contributed by atoms with van der Waals surface area (Å²) in [6.45, 7) is 4.54. The summed E-state index contributed by atoms with van der Waals surface area (Å²) in [6.07, 6.45) is 16.4. The molecule has 0 atom stereocenters. The Morgan fingerprint density at radius 3 is 2.10 bits per heavy atom. The summed E-state index contributed by atoms with van der Waals surface area (Å²) in [5.41, 5.74) is 0.951. The molecule has 0 N–H and O–H groups in total. The number of ether oxygens (including phenoxy) is 1. The fourth-order valence-electron chi connectivity index (χ4n) is 4.71. The molecule has 0 aromatic heterocycles. The molecule has 2 heteroatoms. The van der Waals surface area contributed by atoms with Gasteiger partial charge < -0.3 is 4.74 Å². The topological polar surface area (TPSA) is 26.3 Å². The van der Waals surface area contributed by atoms with Crippen molar-refractivity contribution in [2.45, 2.75) is 78.1 Å². The molecular formula is C27H36O2. The number of hydrogen-bond donors (Lipinski definition) is 0. The van der Waals surface area contributed by atoms with Crippen molar-refractivity contribution in [1.29, 1.82) is 0 Å². The van der Waals surface area contributed by atoms with Gasteiger partial charge in [-0.15, -0.1) is 0 Å². The molecule has 2 saturated carbocycles. The first kappa shape index (κ1) is 21.7. The largest absolute Gasteiger partial charge is 0.426 e. The molecule has 0 spiro atoms. The van der Waals surface area contributed by atoms with Crippen LogP contribution in [0.1, 0.15) is 83.6 Å². The minimum Gasteiger partial charge on any atom is -0.426 e. The lowest BCUT2D eigenvalue weighted by Gasteiger charge is -2.26. The number of carbonyl (C=O) groups is 1. The van der Waals surface area contributed by atoms with Crippen molar-refractivity contribution >= 4 is 5.97 Å². The van der Waals surface area contributed by atoms with E-state index >= 15 is 0 Å². The minimum atomic E-state index is -0.0703. The first-order valence-electron chi connectivity index (χ1n) is 11.7. The molecule has 2 nitrogen and oxygen atoms in total. The van der Waals surface area contributed by atoms with Gasteiger partial charge in [0.05, 0.1) is 5.92 Å². The van der Waals surface area contributed by atoms with E-state index < -0.39 is 0 Å². The van der Waals surface area contributed by atoms with Crippen LogP contribution in [0.4, 0.5) is 0 Å². The molecule has 1 aromatic rings. The van der Waals surface area contributed by atoms with E-state index in [4.69, 9.17) is 4.74 Å². The van der Waals surface area contributed by atoms with Crippen molar-refractivity contribution in [3.63, 3.8) is 0 Å². The highest BCUT2D eigenvalue weighted by Gasteiger charge is 2.26. The zero-order valence-electron chi connectivity index (χ0n) is 18.2. The molecule has 0 amide bonds. The third kappa shape index (κ3) is 6.77. The lowest BCUT2D eigenvalue weighted by molar-refractivity contribution is -0.140. The van der Waals surface area contributed by atoms with Crippen molar-refractivity contribution in [3.8, 4) is 17.6 Å². The number of hydrogen-bond acceptors (Lipinski definition) is 2. The van der Waals surface area contributed by atoms with Gasteiger partial charge in [-0.1, -0.05) is 44.6 Å². The Balaban J connectivity index is 1.44. The SMILES string of the molecule is CCC1CCC(C=CC#Cc2ccc(OC(=O)C3CCC(CC)CC3)cc2)CC1. The van der Waals surface area contributed by atoms with E-state index in [0.717, 1.165) is 43.1 Å². The molecule has 29 heavy (non-hydrogen) atoms. The van der Waals surface area contributed by atoms with Gasteiger partial charge in [0.1, 0.15) is 5.75 Å². The van der Waals surface area contributed by atoms with Gasteiger partial charge in [0.2, 0.25) is 0 Å². The maximum Gasteiger partial charge on any atom is 0.314 e. The molecule has 1 aromatic carbocycles. The van der Waals surface area contributed by atoms with Gasteiger partial charge in [-0.2, -0.15) is 0 Å². The number of rotatable bonds is 5. The van der Waals surface area contributed by atoms with Gasteiger partial charge in [0.15, 0.2) is 0 Å². The minimum absolute atomic E-state index is 0.0646. The summed E-state index contributed by atoms with van der Waals surface area (Å²) in [4.78, 5) is 12.4. The van der Waals surface area contributed by atoms with E-state index in [1.54, 1.807) is 0 Å². The van der Waals surface area contributed by atoms with Crippen LogP contribution in [0.5, 0.6) is 5.75 Å². The van der Waals surface area contributed by atoms with Gasteiger partial charge in [0.25, 0.3) is 0 Å². The van der Waals surface area contributed by atoms with E-state index in [9.17, 15) is 4.79 Å². The monoisotopic (exact) mass is 392 g/mol. The molecule has 0 radical (unpaired) electrons. The van der Waals surface area contributed by atoms with Crippen LogP contribution < -0.4 is 4.74 Å². The number of esters is 1. The Morgan fingerprint density at radius 1 is 0.931 bits per heavy atom. The van der Waals surface area contributed by atoms with Crippen LogP contribution in [0, 0.1) is 35.5 Å². The van der Waals surface area contributed by atoms with Crippen LogP contribution in [0.15, 0.2) is 36.4 Å². The summed E-state index contributed by atoms with van der Waals surface area (Å²) in [6, 6.07) is 7.58. The predicted molar refractivity (Wildman–Crippen MR) is 120 cm³/mol. The van der Waals surface area contributed by atoms with E-state index in [2.05, 4.69) is 31.8 Å². The zero-order chi connectivity index (χ0) is 20.5. The second kappa shape index (κ2) is 11.2. The third-order valence-corrected chi connectivity index (χ3v) is 6.97. The molecule has 2 fully saturated rings. The lowest BCUT2D eigenvalue weighted by Crippen LogP contribution is -2.25. The van der Waals surface area contributed by atoms with Crippen LogP contribution in [-0.2, 0) is 4.79 Å². The zero-order valence-corrected chi connectivity index (χ0v) is 18.2. The summed E-state index contributed by atoms with van der Waals surface area (Å²) >= 11 is 0. The van der Waals surface area contributed by atoms with Crippen molar-refractivity contribution in [2.24, 2.45) is 23.7 Å².